The Morgan fingerprint density at radius 3 is 2.81 bits per heavy atom. The Bertz CT molecular complexity index is 473. The van der Waals surface area contributed by atoms with E-state index in [1.807, 2.05) is 6.07 Å². The first-order chi connectivity index (χ1) is 10.1. The summed E-state index contributed by atoms with van der Waals surface area (Å²) in [5, 5.41) is 2.90. The molecule has 3 N–H and O–H groups in total. The van der Waals surface area contributed by atoms with E-state index in [1.54, 1.807) is 6.92 Å². The van der Waals surface area contributed by atoms with Crippen molar-refractivity contribution in [2.75, 3.05) is 13.1 Å². The third-order valence-electron chi connectivity index (χ3n) is 4.12. The van der Waals surface area contributed by atoms with Crippen LogP contribution in [0.3, 0.4) is 0 Å². The van der Waals surface area contributed by atoms with Gasteiger partial charge < -0.3 is 11.1 Å². The summed E-state index contributed by atoms with van der Waals surface area (Å²) in [6.07, 6.45) is 2.62. The minimum absolute atomic E-state index is 0.101. The van der Waals surface area contributed by atoms with E-state index in [9.17, 15) is 4.79 Å². The van der Waals surface area contributed by atoms with Gasteiger partial charge in [0.25, 0.3) is 0 Å². The van der Waals surface area contributed by atoms with Gasteiger partial charge in [-0.25, -0.2) is 0 Å². The maximum absolute atomic E-state index is 11.6. The predicted molar refractivity (Wildman–Crippen MR) is 85.6 cm³/mol. The van der Waals surface area contributed by atoms with Gasteiger partial charge in [-0.05, 0) is 43.4 Å². The molecule has 0 spiro atoms. The molecular formula is C17H27N3O. The lowest BCUT2D eigenvalue weighted by Crippen LogP contribution is -2.38. The van der Waals surface area contributed by atoms with Crippen molar-refractivity contribution in [1.29, 1.82) is 0 Å². The number of amides is 1. The molecule has 0 bridgehead atoms. The van der Waals surface area contributed by atoms with Crippen molar-refractivity contribution in [2.45, 2.75) is 45.8 Å². The maximum Gasteiger partial charge on any atom is 0.236 e. The van der Waals surface area contributed by atoms with Gasteiger partial charge in [0.1, 0.15) is 0 Å². The van der Waals surface area contributed by atoms with Crippen LogP contribution in [0.15, 0.2) is 24.3 Å². The number of piperidine rings is 1. The van der Waals surface area contributed by atoms with Crippen molar-refractivity contribution < 1.29 is 4.79 Å². The molecular weight excluding hydrogens is 262 g/mol. The van der Waals surface area contributed by atoms with E-state index in [-0.39, 0.29) is 5.91 Å². The summed E-state index contributed by atoms with van der Waals surface area (Å²) in [4.78, 5) is 14.1. The van der Waals surface area contributed by atoms with Gasteiger partial charge in [0.05, 0.1) is 6.04 Å². The van der Waals surface area contributed by atoms with E-state index < -0.39 is 6.04 Å². The highest BCUT2D eigenvalue weighted by molar-refractivity contribution is 5.80. The molecule has 0 aromatic heterocycles. The monoisotopic (exact) mass is 289 g/mol. The van der Waals surface area contributed by atoms with Crippen LogP contribution in [-0.2, 0) is 17.9 Å². The summed E-state index contributed by atoms with van der Waals surface area (Å²) in [7, 11) is 0. The topological polar surface area (TPSA) is 58.4 Å². The summed E-state index contributed by atoms with van der Waals surface area (Å²) in [5.41, 5.74) is 8.07. The zero-order valence-electron chi connectivity index (χ0n) is 13.1. The molecule has 1 aliphatic rings. The predicted octanol–water partition coefficient (Wildman–Crippen LogP) is 1.88. The first-order valence-corrected chi connectivity index (χ1v) is 7.88. The highest BCUT2D eigenvalue weighted by Crippen LogP contribution is 2.19. The second-order valence-electron chi connectivity index (χ2n) is 6.26. The van der Waals surface area contributed by atoms with Gasteiger partial charge in [-0.1, -0.05) is 31.2 Å². The number of nitrogens with zero attached hydrogens (tertiary/aromatic N) is 1. The Balaban J connectivity index is 1.97. The number of hydrogen-bond donors (Lipinski definition) is 2. The van der Waals surface area contributed by atoms with E-state index in [0.29, 0.717) is 6.54 Å². The van der Waals surface area contributed by atoms with Crippen molar-refractivity contribution in [2.24, 2.45) is 11.7 Å². The lowest BCUT2D eigenvalue weighted by molar-refractivity contribution is -0.122. The number of likely N-dealkylation sites (tertiary alicyclic amines) is 1. The highest BCUT2D eigenvalue weighted by atomic mass is 16.2. The number of nitrogens with two attached hydrogens (primary N) is 1. The van der Waals surface area contributed by atoms with Gasteiger partial charge in [-0.15, -0.1) is 0 Å². The quantitative estimate of drug-likeness (QED) is 0.870. The first-order valence-electron chi connectivity index (χ1n) is 7.88. The zero-order valence-corrected chi connectivity index (χ0v) is 13.1. The second kappa shape index (κ2) is 7.57. The number of carbonyl (C=O) groups excluding carboxylic acids is 1. The van der Waals surface area contributed by atoms with Gasteiger partial charge in [0, 0.05) is 19.6 Å². The normalized spacial score (nSPS) is 21.0. The second-order valence-corrected chi connectivity index (χ2v) is 6.26. The maximum atomic E-state index is 11.6. The van der Waals surface area contributed by atoms with E-state index in [2.05, 4.69) is 35.3 Å². The SMILES string of the molecule is CC1CCCN(Cc2ccccc2CNC(=O)C(C)N)C1. The van der Waals surface area contributed by atoms with Gasteiger partial charge in [-0.2, -0.15) is 0 Å². The molecule has 1 amide bonds. The summed E-state index contributed by atoms with van der Waals surface area (Å²) in [6, 6.07) is 7.88. The number of rotatable bonds is 5. The molecule has 0 radical (unpaired) electrons. The molecule has 2 atom stereocenters. The fourth-order valence-corrected chi connectivity index (χ4v) is 2.90. The fraction of sp³-hybridized carbons (Fsp3) is 0.588. The Morgan fingerprint density at radius 2 is 2.14 bits per heavy atom. The van der Waals surface area contributed by atoms with Crippen LogP contribution in [-0.4, -0.2) is 29.9 Å². The first kappa shape index (κ1) is 16.0. The van der Waals surface area contributed by atoms with Gasteiger partial charge in [0.15, 0.2) is 0 Å². The lowest BCUT2D eigenvalue weighted by atomic mass is 9.99. The highest BCUT2D eigenvalue weighted by Gasteiger charge is 2.17. The Morgan fingerprint density at radius 1 is 1.43 bits per heavy atom. The summed E-state index contributed by atoms with van der Waals surface area (Å²) < 4.78 is 0. The van der Waals surface area contributed by atoms with E-state index in [0.717, 1.165) is 12.5 Å². The van der Waals surface area contributed by atoms with Crippen LogP contribution in [0, 0.1) is 5.92 Å². The van der Waals surface area contributed by atoms with Crippen LogP contribution < -0.4 is 11.1 Å². The molecule has 0 saturated carbocycles. The molecule has 2 unspecified atom stereocenters. The standard InChI is InChI=1S/C17H27N3O/c1-13-6-5-9-20(11-13)12-16-8-4-3-7-15(16)10-19-17(21)14(2)18/h3-4,7-8,13-14H,5-6,9-12,18H2,1-2H3,(H,19,21). The number of carbonyl (C=O) groups is 1. The molecule has 21 heavy (non-hydrogen) atoms. The van der Waals surface area contributed by atoms with Crippen molar-refractivity contribution in [1.82, 2.24) is 10.2 Å². The Kier molecular flexibility index (Phi) is 5.76. The molecule has 1 aromatic rings. The van der Waals surface area contributed by atoms with Crippen LogP contribution in [0.2, 0.25) is 0 Å². The zero-order chi connectivity index (χ0) is 15.2. The van der Waals surface area contributed by atoms with Gasteiger partial charge >= 0.3 is 0 Å². The van der Waals surface area contributed by atoms with E-state index in [4.69, 9.17) is 5.73 Å². The average molecular weight is 289 g/mol. The minimum atomic E-state index is -0.458. The smallest absolute Gasteiger partial charge is 0.236 e. The minimum Gasteiger partial charge on any atom is -0.351 e. The molecule has 1 aliphatic heterocycles. The Labute approximate surface area is 127 Å². The molecule has 2 rings (SSSR count). The van der Waals surface area contributed by atoms with Crippen molar-refractivity contribution >= 4 is 5.91 Å². The van der Waals surface area contributed by atoms with Crippen LogP contribution >= 0.6 is 0 Å². The fourth-order valence-electron chi connectivity index (χ4n) is 2.90. The number of nitrogens with one attached hydrogen (secondary N) is 1. The molecule has 4 nitrogen and oxygen atoms in total. The molecule has 1 saturated heterocycles. The Hall–Kier alpha value is -1.39. The summed E-state index contributed by atoms with van der Waals surface area (Å²) in [5.74, 6) is 0.681. The largest absolute Gasteiger partial charge is 0.351 e. The average Bonchev–Trinajstić information content (AvgIpc) is 2.46. The van der Waals surface area contributed by atoms with Crippen LogP contribution in [0.4, 0.5) is 0 Å². The summed E-state index contributed by atoms with van der Waals surface area (Å²) >= 11 is 0. The van der Waals surface area contributed by atoms with Crippen molar-refractivity contribution in [3.05, 3.63) is 35.4 Å². The molecule has 4 heteroatoms. The van der Waals surface area contributed by atoms with E-state index >= 15 is 0 Å². The van der Waals surface area contributed by atoms with Gasteiger partial charge in [-0.3, -0.25) is 9.69 Å². The third-order valence-corrected chi connectivity index (χ3v) is 4.12. The lowest BCUT2D eigenvalue weighted by Gasteiger charge is -2.31. The number of benzene rings is 1. The van der Waals surface area contributed by atoms with Crippen molar-refractivity contribution in [3.8, 4) is 0 Å². The molecule has 116 valence electrons. The van der Waals surface area contributed by atoms with Crippen molar-refractivity contribution in [3.63, 3.8) is 0 Å². The van der Waals surface area contributed by atoms with Crippen LogP contribution in [0.1, 0.15) is 37.8 Å². The molecule has 1 heterocycles. The molecule has 1 aromatic carbocycles. The summed E-state index contributed by atoms with van der Waals surface area (Å²) in [6.45, 7) is 7.89. The molecule has 0 aliphatic carbocycles. The third kappa shape index (κ3) is 4.83. The van der Waals surface area contributed by atoms with Gasteiger partial charge in [0.2, 0.25) is 5.91 Å². The van der Waals surface area contributed by atoms with Crippen LogP contribution in [0.25, 0.3) is 0 Å². The van der Waals surface area contributed by atoms with Crippen LogP contribution in [0.5, 0.6) is 0 Å². The number of hydrogen-bond acceptors (Lipinski definition) is 3. The van der Waals surface area contributed by atoms with E-state index in [1.165, 1.54) is 37.1 Å². The molecule has 1 fully saturated rings.